The molecular formula is C8H16O2Si. The Kier molecular flexibility index (Phi) is 3.17. The lowest BCUT2D eigenvalue weighted by Gasteiger charge is -2.23. The summed E-state index contributed by atoms with van der Waals surface area (Å²) in [7, 11) is -1.61. The lowest BCUT2D eigenvalue weighted by atomic mass is 10.2. The van der Waals surface area contributed by atoms with E-state index in [0.717, 1.165) is 0 Å². The molecule has 0 radical (unpaired) electrons. The van der Waals surface area contributed by atoms with Crippen LogP contribution >= 0.6 is 0 Å². The molecule has 0 unspecified atom stereocenters. The maximum atomic E-state index is 11.0. The summed E-state index contributed by atoms with van der Waals surface area (Å²) < 4.78 is 0. The van der Waals surface area contributed by atoms with E-state index < -0.39 is 8.07 Å². The number of carbonyl (C=O) groups is 2. The molecule has 0 amide bonds. The van der Waals surface area contributed by atoms with Gasteiger partial charge in [0.2, 0.25) is 0 Å². The highest BCUT2D eigenvalue weighted by atomic mass is 28.3. The van der Waals surface area contributed by atoms with Crippen molar-refractivity contribution in [1.29, 1.82) is 0 Å². The molecule has 3 heteroatoms. The molecule has 0 fully saturated rings. The first-order valence-electron chi connectivity index (χ1n) is 3.77. The van der Waals surface area contributed by atoms with Crippen LogP contribution in [0.25, 0.3) is 0 Å². The molecule has 0 aliphatic heterocycles. The minimum Gasteiger partial charge on any atom is -0.300 e. The van der Waals surface area contributed by atoms with E-state index in [0.29, 0.717) is 0 Å². The standard InChI is InChI=1S/C8H16O2Si/c1-6(9)8(7(2)10)11(3,4)5/h8H,1-5H3. The van der Waals surface area contributed by atoms with Gasteiger partial charge in [0.25, 0.3) is 0 Å². The molecule has 0 aromatic rings. The highest BCUT2D eigenvalue weighted by Crippen LogP contribution is 2.23. The van der Waals surface area contributed by atoms with Crippen molar-refractivity contribution in [3.8, 4) is 0 Å². The topological polar surface area (TPSA) is 34.1 Å². The number of hydrogen-bond donors (Lipinski definition) is 0. The molecule has 2 nitrogen and oxygen atoms in total. The molecule has 0 aromatic heterocycles. The molecule has 0 bridgehead atoms. The molecular weight excluding hydrogens is 156 g/mol. The molecule has 64 valence electrons. The van der Waals surface area contributed by atoms with Crippen molar-refractivity contribution in [1.82, 2.24) is 0 Å². The molecule has 0 atom stereocenters. The average molecular weight is 172 g/mol. The van der Waals surface area contributed by atoms with E-state index in [9.17, 15) is 9.59 Å². The van der Waals surface area contributed by atoms with Crippen LogP contribution in [0.3, 0.4) is 0 Å². The smallest absolute Gasteiger partial charge is 0.137 e. The third-order valence-electron chi connectivity index (χ3n) is 1.68. The molecule has 0 spiro atoms. The summed E-state index contributed by atoms with van der Waals surface area (Å²) in [4.78, 5) is 22.1. The van der Waals surface area contributed by atoms with Crippen molar-refractivity contribution >= 4 is 19.6 Å². The van der Waals surface area contributed by atoms with Gasteiger partial charge in [0.15, 0.2) is 0 Å². The number of hydrogen-bond acceptors (Lipinski definition) is 2. The Bertz CT molecular complexity index is 165. The predicted octanol–water partition coefficient (Wildman–Crippen LogP) is 1.87. The number of Topliss-reactive ketones (excluding diaryl/α,β-unsaturated/α-hetero) is 2. The van der Waals surface area contributed by atoms with Crippen LogP contribution in [-0.2, 0) is 9.59 Å². The van der Waals surface area contributed by atoms with Crippen LogP contribution in [0.4, 0.5) is 0 Å². The molecule has 0 heterocycles. The van der Waals surface area contributed by atoms with E-state index in [2.05, 4.69) is 0 Å². The van der Waals surface area contributed by atoms with E-state index in [4.69, 9.17) is 0 Å². The second kappa shape index (κ2) is 3.30. The van der Waals surface area contributed by atoms with Crippen LogP contribution < -0.4 is 0 Å². The third-order valence-corrected chi connectivity index (χ3v) is 4.22. The zero-order valence-electron chi connectivity index (χ0n) is 7.89. The second-order valence-corrected chi connectivity index (χ2v) is 9.33. The Morgan fingerprint density at radius 1 is 1.00 bits per heavy atom. The zero-order valence-corrected chi connectivity index (χ0v) is 8.89. The number of carbonyl (C=O) groups excluding carboxylic acids is 2. The van der Waals surface area contributed by atoms with Crippen molar-refractivity contribution in [2.45, 2.75) is 39.0 Å². The summed E-state index contributed by atoms with van der Waals surface area (Å²) in [6.45, 7) is 9.13. The third kappa shape index (κ3) is 2.97. The van der Waals surface area contributed by atoms with Crippen molar-refractivity contribution in [3.63, 3.8) is 0 Å². The molecule has 0 aliphatic rings. The van der Waals surface area contributed by atoms with Crippen molar-refractivity contribution in [2.24, 2.45) is 0 Å². The fourth-order valence-electron chi connectivity index (χ4n) is 1.51. The van der Waals surface area contributed by atoms with E-state index >= 15 is 0 Å². The maximum absolute atomic E-state index is 11.0. The summed E-state index contributed by atoms with van der Waals surface area (Å²) in [5.74, 6) is 0.0494. The van der Waals surface area contributed by atoms with Crippen molar-refractivity contribution < 1.29 is 9.59 Å². The van der Waals surface area contributed by atoms with Crippen molar-refractivity contribution in [2.75, 3.05) is 0 Å². The van der Waals surface area contributed by atoms with Crippen LogP contribution in [0.2, 0.25) is 25.2 Å². The maximum Gasteiger partial charge on any atom is 0.137 e. The quantitative estimate of drug-likeness (QED) is 0.481. The normalized spacial score (nSPS) is 11.8. The minimum absolute atomic E-state index is 0.0247. The first kappa shape index (κ1) is 10.6. The highest BCUT2D eigenvalue weighted by molar-refractivity contribution is 6.84. The summed E-state index contributed by atoms with van der Waals surface area (Å²) in [6, 6.07) is 0. The summed E-state index contributed by atoms with van der Waals surface area (Å²) >= 11 is 0. The van der Waals surface area contributed by atoms with E-state index in [1.807, 2.05) is 19.6 Å². The Hall–Kier alpha value is -0.443. The Labute approximate surface area is 69.0 Å². The van der Waals surface area contributed by atoms with Gasteiger partial charge in [-0.1, -0.05) is 19.6 Å². The second-order valence-electron chi connectivity index (χ2n) is 4.02. The van der Waals surface area contributed by atoms with Gasteiger partial charge in [-0.25, -0.2) is 0 Å². The van der Waals surface area contributed by atoms with Gasteiger partial charge in [0.1, 0.15) is 11.6 Å². The molecule has 0 aromatic carbocycles. The molecule has 11 heavy (non-hydrogen) atoms. The van der Waals surface area contributed by atoms with Crippen LogP contribution in [0, 0.1) is 0 Å². The fourth-order valence-corrected chi connectivity index (χ4v) is 3.94. The van der Waals surface area contributed by atoms with Crippen LogP contribution in [-0.4, -0.2) is 19.6 Å². The van der Waals surface area contributed by atoms with Crippen LogP contribution in [0.15, 0.2) is 0 Å². The SMILES string of the molecule is CC(=O)C(C(C)=O)[Si](C)(C)C. The molecule has 0 rings (SSSR count). The van der Waals surface area contributed by atoms with Gasteiger partial charge in [-0.3, -0.25) is 9.59 Å². The van der Waals surface area contributed by atoms with Gasteiger partial charge >= 0.3 is 0 Å². The van der Waals surface area contributed by atoms with Gasteiger partial charge in [0, 0.05) is 0 Å². The monoisotopic (exact) mass is 172 g/mol. The number of ketones is 2. The lowest BCUT2D eigenvalue weighted by Crippen LogP contribution is -2.36. The summed E-state index contributed by atoms with van der Waals surface area (Å²) in [5, 5.41) is 0. The van der Waals surface area contributed by atoms with E-state index in [1.54, 1.807) is 0 Å². The largest absolute Gasteiger partial charge is 0.300 e. The fraction of sp³-hybridized carbons (Fsp3) is 0.750. The summed E-state index contributed by atoms with van der Waals surface area (Å²) in [5.41, 5.74) is -0.303. The van der Waals surface area contributed by atoms with Crippen LogP contribution in [0.1, 0.15) is 13.8 Å². The Morgan fingerprint density at radius 3 is 1.27 bits per heavy atom. The van der Waals surface area contributed by atoms with Gasteiger partial charge in [0.05, 0.1) is 13.6 Å². The minimum atomic E-state index is -1.61. The average Bonchev–Trinajstić information content (AvgIpc) is 1.54. The molecule has 0 saturated carbocycles. The highest BCUT2D eigenvalue weighted by Gasteiger charge is 2.33. The van der Waals surface area contributed by atoms with E-state index in [-0.39, 0.29) is 17.1 Å². The molecule has 0 saturated heterocycles. The molecule has 0 N–H and O–H groups in total. The first-order chi connectivity index (χ1) is 4.76. The molecule has 0 aliphatic carbocycles. The Morgan fingerprint density at radius 2 is 1.27 bits per heavy atom. The number of rotatable bonds is 3. The zero-order chi connectivity index (χ0) is 9.23. The van der Waals surface area contributed by atoms with Gasteiger partial charge < -0.3 is 0 Å². The van der Waals surface area contributed by atoms with Crippen molar-refractivity contribution in [3.05, 3.63) is 0 Å². The Balaban J connectivity index is 4.63. The lowest BCUT2D eigenvalue weighted by molar-refractivity contribution is -0.124. The predicted molar refractivity (Wildman–Crippen MR) is 48.5 cm³/mol. The van der Waals surface area contributed by atoms with Gasteiger partial charge in [-0.15, -0.1) is 0 Å². The first-order valence-corrected chi connectivity index (χ1v) is 7.35. The van der Waals surface area contributed by atoms with Crippen LogP contribution in [0.5, 0.6) is 0 Å². The van der Waals surface area contributed by atoms with Gasteiger partial charge in [-0.2, -0.15) is 0 Å². The van der Waals surface area contributed by atoms with Gasteiger partial charge in [-0.05, 0) is 13.8 Å². The summed E-state index contributed by atoms with van der Waals surface area (Å²) in [6.07, 6.45) is 0. The van der Waals surface area contributed by atoms with E-state index in [1.165, 1.54) is 13.8 Å².